The highest BCUT2D eigenvalue weighted by atomic mass is 16.1. The summed E-state index contributed by atoms with van der Waals surface area (Å²) in [5.41, 5.74) is 5.06. The fourth-order valence-electron chi connectivity index (χ4n) is 2.34. The molecule has 0 bridgehead atoms. The van der Waals surface area contributed by atoms with Crippen LogP contribution in [-0.4, -0.2) is 62.4 Å². The fraction of sp³-hybridized carbons (Fsp3) is 0.933. The van der Waals surface area contributed by atoms with Gasteiger partial charge in [-0.2, -0.15) is 0 Å². The molecule has 4 nitrogen and oxygen atoms in total. The summed E-state index contributed by atoms with van der Waals surface area (Å²) in [6.45, 7) is 9.09. The third-order valence-corrected chi connectivity index (χ3v) is 3.44. The van der Waals surface area contributed by atoms with Crippen molar-refractivity contribution in [2.24, 2.45) is 11.7 Å². The molecule has 0 atom stereocenters. The molecule has 1 aliphatic heterocycles. The molecule has 114 valence electrons. The molecule has 1 heterocycles. The molecule has 0 radical (unpaired) electrons. The smallest absolute Gasteiger partial charge is 0.120 e. The van der Waals surface area contributed by atoms with Crippen molar-refractivity contribution < 1.29 is 4.79 Å². The number of carbonyl (C=O) groups excluding carboxylic acids is 1. The first-order valence-corrected chi connectivity index (χ1v) is 7.53. The van der Waals surface area contributed by atoms with Crippen LogP contribution < -0.4 is 5.73 Å². The Morgan fingerprint density at radius 2 is 1.89 bits per heavy atom. The highest BCUT2D eigenvalue weighted by Gasteiger charge is 2.20. The van der Waals surface area contributed by atoms with Crippen LogP contribution in [-0.2, 0) is 4.79 Å². The first-order chi connectivity index (χ1) is 9.01. The SMILES string of the molecule is CC(C)CN1CCC(N(C)C)CC1.NCCCC=O. The number of nitrogens with zero attached hydrogens (tertiary/aromatic N) is 2. The van der Waals surface area contributed by atoms with Gasteiger partial charge in [0.15, 0.2) is 0 Å². The van der Waals surface area contributed by atoms with Crippen molar-refractivity contribution in [2.45, 2.75) is 45.6 Å². The lowest BCUT2D eigenvalue weighted by molar-refractivity contribution is -0.107. The Bertz CT molecular complexity index is 211. The second-order valence-electron chi connectivity index (χ2n) is 5.99. The molecule has 0 unspecified atom stereocenters. The van der Waals surface area contributed by atoms with E-state index >= 15 is 0 Å². The molecule has 0 aliphatic carbocycles. The monoisotopic (exact) mass is 271 g/mol. The lowest BCUT2D eigenvalue weighted by atomic mass is 10.0. The van der Waals surface area contributed by atoms with E-state index in [1.54, 1.807) is 0 Å². The quantitative estimate of drug-likeness (QED) is 0.589. The standard InChI is InChI=1S/C11H24N2.C4H9NO/c1-10(2)9-13-7-5-11(6-8-13)12(3)4;5-3-1-2-4-6/h10-11H,5-9H2,1-4H3;4H,1-3,5H2. The molecule has 1 rings (SSSR count). The minimum absolute atomic E-state index is 0.608. The summed E-state index contributed by atoms with van der Waals surface area (Å²) in [6, 6.07) is 0.823. The van der Waals surface area contributed by atoms with Crippen molar-refractivity contribution in [1.82, 2.24) is 9.80 Å². The van der Waals surface area contributed by atoms with Crippen molar-refractivity contribution in [3.05, 3.63) is 0 Å². The largest absolute Gasteiger partial charge is 0.330 e. The van der Waals surface area contributed by atoms with E-state index in [1.807, 2.05) is 0 Å². The number of piperidine rings is 1. The van der Waals surface area contributed by atoms with Crippen LogP contribution in [0.3, 0.4) is 0 Å². The van der Waals surface area contributed by atoms with Gasteiger partial charge in [0.05, 0.1) is 0 Å². The Balaban J connectivity index is 0.000000459. The predicted octanol–water partition coefficient (Wildman–Crippen LogP) is 1.59. The molecular weight excluding hydrogens is 238 g/mol. The van der Waals surface area contributed by atoms with Crippen LogP contribution in [0.15, 0.2) is 0 Å². The molecule has 2 N–H and O–H groups in total. The zero-order valence-electron chi connectivity index (χ0n) is 13.3. The normalized spacial score (nSPS) is 17.4. The molecule has 19 heavy (non-hydrogen) atoms. The lowest BCUT2D eigenvalue weighted by Crippen LogP contribution is -2.43. The summed E-state index contributed by atoms with van der Waals surface area (Å²) in [4.78, 5) is 14.5. The summed E-state index contributed by atoms with van der Waals surface area (Å²) < 4.78 is 0. The molecule has 0 aromatic rings. The number of aldehydes is 1. The van der Waals surface area contributed by atoms with Gasteiger partial charge in [-0.25, -0.2) is 0 Å². The van der Waals surface area contributed by atoms with Gasteiger partial charge in [-0.05, 0) is 58.9 Å². The maximum atomic E-state index is 9.51. The third kappa shape index (κ3) is 10.0. The Morgan fingerprint density at radius 3 is 2.21 bits per heavy atom. The van der Waals surface area contributed by atoms with E-state index in [0.29, 0.717) is 13.0 Å². The number of nitrogens with two attached hydrogens (primary N) is 1. The molecule has 1 aliphatic rings. The van der Waals surface area contributed by atoms with Gasteiger partial charge < -0.3 is 20.3 Å². The molecular formula is C15H33N3O. The van der Waals surface area contributed by atoms with Gasteiger partial charge in [-0.3, -0.25) is 0 Å². The Hall–Kier alpha value is -0.450. The minimum Gasteiger partial charge on any atom is -0.330 e. The molecule has 0 spiro atoms. The van der Waals surface area contributed by atoms with Crippen molar-refractivity contribution in [1.29, 1.82) is 0 Å². The fourth-order valence-corrected chi connectivity index (χ4v) is 2.34. The summed E-state index contributed by atoms with van der Waals surface area (Å²) >= 11 is 0. The van der Waals surface area contributed by atoms with E-state index in [9.17, 15) is 4.79 Å². The third-order valence-electron chi connectivity index (χ3n) is 3.44. The van der Waals surface area contributed by atoms with Gasteiger partial charge in [0.25, 0.3) is 0 Å². The van der Waals surface area contributed by atoms with E-state index in [1.165, 1.54) is 32.5 Å². The van der Waals surface area contributed by atoms with Gasteiger partial charge in [0, 0.05) is 19.0 Å². The maximum Gasteiger partial charge on any atom is 0.120 e. The Labute approximate surface area is 119 Å². The van der Waals surface area contributed by atoms with E-state index in [4.69, 9.17) is 5.73 Å². The van der Waals surface area contributed by atoms with Gasteiger partial charge in [0.1, 0.15) is 6.29 Å². The molecule has 4 heteroatoms. The second-order valence-corrected chi connectivity index (χ2v) is 5.99. The van der Waals surface area contributed by atoms with E-state index in [0.717, 1.165) is 24.7 Å². The van der Waals surface area contributed by atoms with E-state index in [2.05, 4.69) is 37.7 Å². The summed E-state index contributed by atoms with van der Waals surface area (Å²) in [6.07, 6.45) is 5.01. The van der Waals surface area contributed by atoms with Crippen molar-refractivity contribution in [2.75, 3.05) is 40.3 Å². The molecule has 0 aromatic carbocycles. The van der Waals surface area contributed by atoms with Crippen molar-refractivity contribution >= 4 is 6.29 Å². The minimum atomic E-state index is 0.608. The number of rotatable bonds is 6. The van der Waals surface area contributed by atoms with Crippen molar-refractivity contribution in [3.63, 3.8) is 0 Å². The molecule has 1 saturated heterocycles. The average molecular weight is 271 g/mol. The number of likely N-dealkylation sites (tertiary alicyclic amines) is 1. The summed E-state index contributed by atoms with van der Waals surface area (Å²) in [5.74, 6) is 0.816. The topological polar surface area (TPSA) is 49.6 Å². The Morgan fingerprint density at radius 1 is 1.32 bits per heavy atom. The average Bonchev–Trinajstić information content (AvgIpc) is 2.37. The summed E-state index contributed by atoms with van der Waals surface area (Å²) in [5, 5.41) is 0. The second kappa shape index (κ2) is 11.4. The zero-order valence-corrected chi connectivity index (χ0v) is 13.3. The Kier molecular flexibility index (Phi) is 11.1. The van der Waals surface area contributed by atoms with Crippen LogP contribution in [0.2, 0.25) is 0 Å². The van der Waals surface area contributed by atoms with Crippen LogP contribution in [0.5, 0.6) is 0 Å². The summed E-state index contributed by atoms with van der Waals surface area (Å²) in [7, 11) is 4.39. The number of hydrogen-bond acceptors (Lipinski definition) is 4. The lowest BCUT2D eigenvalue weighted by Gasteiger charge is -2.35. The van der Waals surface area contributed by atoms with Gasteiger partial charge in [0.2, 0.25) is 0 Å². The molecule has 0 saturated carbocycles. The van der Waals surface area contributed by atoms with Crippen LogP contribution in [0.1, 0.15) is 39.5 Å². The first-order valence-electron chi connectivity index (χ1n) is 7.53. The van der Waals surface area contributed by atoms with E-state index in [-0.39, 0.29) is 0 Å². The number of carbonyl (C=O) groups is 1. The predicted molar refractivity (Wildman–Crippen MR) is 82.3 cm³/mol. The zero-order chi connectivity index (χ0) is 14.7. The van der Waals surface area contributed by atoms with Crippen LogP contribution in [0.25, 0.3) is 0 Å². The molecule has 0 amide bonds. The van der Waals surface area contributed by atoms with Crippen LogP contribution in [0, 0.1) is 5.92 Å². The van der Waals surface area contributed by atoms with Crippen LogP contribution in [0.4, 0.5) is 0 Å². The molecule has 0 aromatic heterocycles. The van der Waals surface area contributed by atoms with E-state index < -0.39 is 0 Å². The van der Waals surface area contributed by atoms with Crippen molar-refractivity contribution in [3.8, 4) is 0 Å². The number of hydrogen-bond donors (Lipinski definition) is 1. The van der Waals surface area contributed by atoms with Crippen LogP contribution >= 0.6 is 0 Å². The van der Waals surface area contributed by atoms with Gasteiger partial charge in [-0.15, -0.1) is 0 Å². The van der Waals surface area contributed by atoms with Gasteiger partial charge in [-0.1, -0.05) is 13.8 Å². The highest BCUT2D eigenvalue weighted by Crippen LogP contribution is 2.14. The maximum absolute atomic E-state index is 9.51. The van der Waals surface area contributed by atoms with Gasteiger partial charge >= 0.3 is 0 Å². The number of unbranched alkanes of at least 4 members (excludes halogenated alkanes) is 1. The molecule has 1 fully saturated rings. The first kappa shape index (κ1) is 18.6. The highest BCUT2D eigenvalue weighted by molar-refractivity contribution is 5.48.